The number of pyridine rings is 1. The Bertz CT molecular complexity index is 1510. The number of aromatic nitrogens is 2. The van der Waals surface area contributed by atoms with Crippen LogP contribution in [0.1, 0.15) is 51.1 Å². The highest BCUT2D eigenvalue weighted by molar-refractivity contribution is 5.94. The number of aryl methyl sites for hydroxylation is 1. The molecule has 0 fully saturated rings. The van der Waals surface area contributed by atoms with E-state index in [1.54, 1.807) is 28.7 Å². The fraction of sp³-hybridized carbons (Fsp3) is 0.250. The fourth-order valence-electron chi connectivity index (χ4n) is 4.89. The third-order valence-electron chi connectivity index (χ3n) is 6.72. The first-order valence-electron chi connectivity index (χ1n) is 11.8. The molecule has 0 saturated carbocycles. The average molecular weight is 469 g/mol. The number of para-hydroxylation sites is 1. The molecule has 4 aromatic rings. The molecule has 178 valence electrons. The molecule has 0 bridgehead atoms. The van der Waals surface area contributed by atoms with Crippen molar-refractivity contribution in [2.75, 3.05) is 16.8 Å². The number of benzene rings is 2. The number of carbonyl (C=O) groups is 1. The molecule has 0 radical (unpaired) electrons. The fourth-order valence-corrected chi connectivity index (χ4v) is 4.89. The molecule has 7 nitrogen and oxygen atoms in total. The number of nitrogens with one attached hydrogen (secondary N) is 1. The minimum Gasteiger partial charge on any atom is -0.478 e. The van der Waals surface area contributed by atoms with Crippen LogP contribution in [0.5, 0.6) is 0 Å². The molecule has 0 spiro atoms. The summed E-state index contributed by atoms with van der Waals surface area (Å²) in [7, 11) is 0. The Balaban J connectivity index is 1.60. The van der Waals surface area contributed by atoms with Crippen LogP contribution in [0.3, 0.4) is 0 Å². The molecular weight excluding hydrogens is 440 g/mol. The highest BCUT2D eigenvalue weighted by Gasteiger charge is 2.23. The molecule has 0 saturated heterocycles. The van der Waals surface area contributed by atoms with Crippen molar-refractivity contribution in [1.82, 2.24) is 9.38 Å². The number of nitrogens with zero attached hydrogens (tertiary/aromatic N) is 3. The number of hydrogen-bond donors (Lipinski definition) is 2. The Morgan fingerprint density at radius 3 is 2.57 bits per heavy atom. The van der Waals surface area contributed by atoms with Crippen LogP contribution in [0.15, 0.2) is 65.6 Å². The van der Waals surface area contributed by atoms with Crippen molar-refractivity contribution in [1.29, 1.82) is 0 Å². The number of carboxylic acid groups (broad SMARTS) is 1. The van der Waals surface area contributed by atoms with Gasteiger partial charge in [0, 0.05) is 30.5 Å². The van der Waals surface area contributed by atoms with Gasteiger partial charge in [-0.25, -0.2) is 9.78 Å². The van der Waals surface area contributed by atoms with Gasteiger partial charge in [0.05, 0.1) is 17.2 Å². The van der Waals surface area contributed by atoms with Gasteiger partial charge in [0.15, 0.2) is 0 Å². The molecule has 2 aromatic heterocycles. The predicted molar refractivity (Wildman–Crippen MR) is 138 cm³/mol. The number of anilines is 2. The third-order valence-corrected chi connectivity index (χ3v) is 6.72. The second-order valence-electron chi connectivity index (χ2n) is 9.19. The third kappa shape index (κ3) is 4.14. The summed E-state index contributed by atoms with van der Waals surface area (Å²) in [6.07, 6.45) is 2.72. The van der Waals surface area contributed by atoms with Crippen molar-refractivity contribution < 1.29 is 9.90 Å². The quantitative estimate of drug-likeness (QED) is 0.440. The molecule has 5 rings (SSSR count). The Labute approximate surface area is 203 Å². The van der Waals surface area contributed by atoms with E-state index in [-0.39, 0.29) is 17.2 Å². The van der Waals surface area contributed by atoms with Gasteiger partial charge in [-0.05, 0) is 62.1 Å². The van der Waals surface area contributed by atoms with Crippen LogP contribution in [0.25, 0.3) is 5.65 Å². The predicted octanol–water partition coefficient (Wildman–Crippen LogP) is 4.75. The molecule has 7 heteroatoms. The lowest BCUT2D eigenvalue weighted by molar-refractivity contribution is 0.0698. The molecule has 3 heterocycles. The minimum atomic E-state index is -0.993. The Morgan fingerprint density at radius 2 is 1.80 bits per heavy atom. The lowest BCUT2D eigenvalue weighted by Gasteiger charge is -2.31. The number of carboxylic acids is 1. The van der Waals surface area contributed by atoms with Crippen LogP contribution in [0.4, 0.5) is 11.5 Å². The van der Waals surface area contributed by atoms with Gasteiger partial charge < -0.3 is 15.3 Å². The molecule has 2 aromatic carbocycles. The summed E-state index contributed by atoms with van der Waals surface area (Å²) in [5, 5.41) is 12.9. The van der Waals surface area contributed by atoms with Gasteiger partial charge in [0.1, 0.15) is 11.5 Å². The van der Waals surface area contributed by atoms with Crippen molar-refractivity contribution >= 4 is 23.1 Å². The maximum atomic E-state index is 13.5. The second kappa shape index (κ2) is 8.91. The minimum absolute atomic E-state index is 0.0908. The summed E-state index contributed by atoms with van der Waals surface area (Å²) in [5.74, 6) is -0.292. The van der Waals surface area contributed by atoms with E-state index in [2.05, 4.69) is 28.4 Å². The molecule has 2 N–H and O–H groups in total. The van der Waals surface area contributed by atoms with Crippen molar-refractivity contribution in [2.45, 2.75) is 39.8 Å². The van der Waals surface area contributed by atoms with Crippen LogP contribution in [-0.2, 0) is 13.0 Å². The lowest BCUT2D eigenvalue weighted by Crippen LogP contribution is -2.34. The summed E-state index contributed by atoms with van der Waals surface area (Å²) < 4.78 is 1.61. The van der Waals surface area contributed by atoms with Crippen LogP contribution in [-0.4, -0.2) is 27.0 Å². The van der Waals surface area contributed by atoms with Crippen molar-refractivity contribution in [3.05, 3.63) is 105 Å². The van der Waals surface area contributed by atoms with Gasteiger partial charge in [0.2, 0.25) is 0 Å². The summed E-state index contributed by atoms with van der Waals surface area (Å²) in [4.78, 5) is 32.4. The zero-order valence-electron chi connectivity index (χ0n) is 20.1. The molecule has 1 unspecified atom stereocenters. The van der Waals surface area contributed by atoms with E-state index in [9.17, 15) is 14.7 Å². The number of aromatic carboxylic acids is 1. The second-order valence-corrected chi connectivity index (χ2v) is 9.19. The standard InChI is InChI=1S/C28H28N4O3/c1-17-14-23(19(3)29-24-11-7-6-10-22(24)28(34)35)26-30-25(18(2)27(33)32(26)15-17)31-13-12-20-8-4-5-9-21(20)16-31/h4-11,14-15,19,29H,12-13,16H2,1-3H3,(H,34,35). The first kappa shape index (κ1) is 22.7. The molecule has 0 aliphatic carbocycles. The smallest absolute Gasteiger partial charge is 0.337 e. The average Bonchev–Trinajstić information content (AvgIpc) is 2.86. The summed E-state index contributed by atoms with van der Waals surface area (Å²) in [6, 6.07) is 16.9. The molecule has 1 aliphatic rings. The maximum Gasteiger partial charge on any atom is 0.337 e. The number of fused-ring (bicyclic) bond motifs is 2. The van der Waals surface area contributed by atoms with Crippen LogP contribution >= 0.6 is 0 Å². The highest BCUT2D eigenvalue weighted by atomic mass is 16.4. The van der Waals surface area contributed by atoms with E-state index in [0.717, 1.165) is 24.1 Å². The lowest BCUT2D eigenvalue weighted by atomic mass is 9.99. The van der Waals surface area contributed by atoms with Gasteiger partial charge in [-0.1, -0.05) is 36.4 Å². The summed E-state index contributed by atoms with van der Waals surface area (Å²) in [6.45, 7) is 7.24. The van der Waals surface area contributed by atoms with Gasteiger partial charge in [-0.2, -0.15) is 0 Å². The summed E-state index contributed by atoms with van der Waals surface area (Å²) >= 11 is 0. The van der Waals surface area contributed by atoms with Gasteiger partial charge in [0.25, 0.3) is 5.56 Å². The van der Waals surface area contributed by atoms with Crippen LogP contribution < -0.4 is 15.8 Å². The van der Waals surface area contributed by atoms with Crippen LogP contribution in [0.2, 0.25) is 0 Å². The van der Waals surface area contributed by atoms with Crippen molar-refractivity contribution in [3.63, 3.8) is 0 Å². The zero-order chi connectivity index (χ0) is 24.7. The van der Waals surface area contributed by atoms with E-state index in [4.69, 9.17) is 4.98 Å². The van der Waals surface area contributed by atoms with Gasteiger partial charge in [-0.3, -0.25) is 9.20 Å². The van der Waals surface area contributed by atoms with E-state index in [0.29, 0.717) is 29.3 Å². The topological polar surface area (TPSA) is 86.9 Å². The highest BCUT2D eigenvalue weighted by Crippen LogP contribution is 2.29. The van der Waals surface area contributed by atoms with E-state index in [1.165, 1.54) is 11.1 Å². The Hall–Kier alpha value is -4.13. The van der Waals surface area contributed by atoms with Crippen molar-refractivity contribution in [3.8, 4) is 0 Å². The van der Waals surface area contributed by atoms with Gasteiger partial charge >= 0.3 is 5.97 Å². The first-order valence-corrected chi connectivity index (χ1v) is 11.8. The monoisotopic (exact) mass is 468 g/mol. The van der Waals surface area contributed by atoms with Crippen LogP contribution in [0, 0.1) is 13.8 Å². The van der Waals surface area contributed by atoms with E-state index in [1.807, 2.05) is 39.1 Å². The molecule has 1 aliphatic heterocycles. The van der Waals surface area contributed by atoms with E-state index >= 15 is 0 Å². The first-order chi connectivity index (χ1) is 16.8. The van der Waals surface area contributed by atoms with Gasteiger partial charge in [-0.15, -0.1) is 0 Å². The number of rotatable bonds is 5. The number of hydrogen-bond acceptors (Lipinski definition) is 5. The molecule has 1 atom stereocenters. The molecule has 0 amide bonds. The molecular formula is C28H28N4O3. The largest absolute Gasteiger partial charge is 0.478 e. The van der Waals surface area contributed by atoms with Crippen molar-refractivity contribution in [2.24, 2.45) is 0 Å². The maximum absolute atomic E-state index is 13.5. The normalized spacial score (nSPS) is 14.0. The SMILES string of the molecule is Cc1cc(C(C)Nc2ccccc2C(=O)O)c2nc(N3CCc4ccccc4C3)c(C)c(=O)n2c1. The Morgan fingerprint density at radius 1 is 1.09 bits per heavy atom. The Kier molecular flexibility index (Phi) is 5.76. The zero-order valence-corrected chi connectivity index (χ0v) is 20.1. The summed E-state index contributed by atoms with van der Waals surface area (Å²) in [5.41, 5.74) is 6.18. The van der Waals surface area contributed by atoms with E-state index < -0.39 is 5.97 Å². The molecule has 35 heavy (non-hydrogen) atoms.